The number of anilines is 1. The van der Waals surface area contributed by atoms with E-state index in [1.165, 1.54) is 6.33 Å². The first-order valence-corrected chi connectivity index (χ1v) is 7.95. The Kier molecular flexibility index (Phi) is 3.78. The molecule has 130 valence electrons. The third-order valence-electron chi connectivity index (χ3n) is 4.35. The van der Waals surface area contributed by atoms with Gasteiger partial charge in [0.05, 0.1) is 18.1 Å². The number of fused-ring (bicyclic) bond motifs is 1. The second-order valence-corrected chi connectivity index (χ2v) is 5.99. The van der Waals surface area contributed by atoms with Crippen molar-refractivity contribution in [2.24, 2.45) is 0 Å². The summed E-state index contributed by atoms with van der Waals surface area (Å²) in [5.74, 6) is -0.770. The van der Waals surface area contributed by atoms with Gasteiger partial charge in [-0.15, -0.1) is 0 Å². The summed E-state index contributed by atoms with van der Waals surface area (Å²) in [4.78, 5) is 13.4. The fourth-order valence-corrected chi connectivity index (χ4v) is 3.25. The Hall–Kier alpha value is -2.71. The topological polar surface area (TPSA) is 59.7 Å². The Morgan fingerprint density at radius 3 is 2.76 bits per heavy atom. The van der Waals surface area contributed by atoms with E-state index in [-0.39, 0.29) is 6.04 Å². The molecule has 3 heterocycles. The van der Waals surface area contributed by atoms with Gasteiger partial charge < -0.3 is 4.90 Å². The number of aromatic nitrogens is 5. The zero-order valence-corrected chi connectivity index (χ0v) is 13.2. The smallest absolute Gasteiger partial charge is 0.351 e. The van der Waals surface area contributed by atoms with Crippen molar-refractivity contribution in [2.75, 3.05) is 11.4 Å². The molecular formula is C16H15F3N6. The van der Waals surface area contributed by atoms with E-state index in [4.69, 9.17) is 0 Å². The van der Waals surface area contributed by atoms with Gasteiger partial charge in [-0.25, -0.2) is 15.0 Å². The van der Waals surface area contributed by atoms with Crippen molar-refractivity contribution in [3.63, 3.8) is 0 Å². The highest BCUT2D eigenvalue weighted by Gasteiger charge is 2.37. The molecule has 2 aromatic heterocycles. The molecule has 0 radical (unpaired) electrons. The van der Waals surface area contributed by atoms with E-state index >= 15 is 0 Å². The predicted octanol–water partition coefficient (Wildman–Crippen LogP) is 2.91. The summed E-state index contributed by atoms with van der Waals surface area (Å²) in [6.45, 7) is 1.21. The van der Waals surface area contributed by atoms with E-state index in [1.54, 1.807) is 35.3 Å². The van der Waals surface area contributed by atoms with Gasteiger partial charge in [0.1, 0.15) is 18.5 Å². The Bertz CT molecular complexity index is 877. The maximum absolute atomic E-state index is 13.2. The van der Waals surface area contributed by atoms with E-state index in [0.29, 0.717) is 29.8 Å². The van der Waals surface area contributed by atoms with Crippen LogP contribution < -0.4 is 4.90 Å². The number of benzene rings is 1. The predicted molar refractivity (Wildman–Crippen MR) is 84.9 cm³/mol. The van der Waals surface area contributed by atoms with Crippen molar-refractivity contribution < 1.29 is 13.2 Å². The number of halogens is 3. The molecule has 0 aliphatic carbocycles. The SMILES string of the molecule is FC(F)(F)c1nc(N2CCCC2Cn2cncn2)c2ccccc2n1. The van der Waals surface area contributed by atoms with Gasteiger partial charge in [0, 0.05) is 11.9 Å². The van der Waals surface area contributed by atoms with E-state index in [2.05, 4.69) is 20.1 Å². The van der Waals surface area contributed by atoms with Crippen LogP contribution in [0.5, 0.6) is 0 Å². The summed E-state index contributed by atoms with van der Waals surface area (Å²) < 4.78 is 41.3. The number of para-hydroxylation sites is 1. The minimum atomic E-state index is -4.58. The van der Waals surface area contributed by atoms with E-state index in [9.17, 15) is 13.2 Å². The third kappa shape index (κ3) is 3.01. The van der Waals surface area contributed by atoms with Gasteiger partial charge in [0.25, 0.3) is 0 Å². The molecule has 1 aliphatic rings. The van der Waals surface area contributed by atoms with Gasteiger partial charge in [-0.1, -0.05) is 12.1 Å². The lowest BCUT2D eigenvalue weighted by molar-refractivity contribution is -0.144. The van der Waals surface area contributed by atoms with Crippen molar-refractivity contribution >= 4 is 16.7 Å². The van der Waals surface area contributed by atoms with Gasteiger partial charge in [0.15, 0.2) is 0 Å². The van der Waals surface area contributed by atoms with Crippen LogP contribution in [-0.4, -0.2) is 37.3 Å². The molecular weight excluding hydrogens is 333 g/mol. The maximum atomic E-state index is 13.2. The van der Waals surface area contributed by atoms with Gasteiger partial charge >= 0.3 is 6.18 Å². The van der Waals surface area contributed by atoms with E-state index in [1.807, 2.05) is 4.90 Å². The number of rotatable bonds is 3. The van der Waals surface area contributed by atoms with Crippen LogP contribution in [-0.2, 0) is 12.7 Å². The minimum Gasteiger partial charge on any atom is -0.351 e. The molecule has 1 atom stereocenters. The lowest BCUT2D eigenvalue weighted by Crippen LogP contribution is -2.34. The standard InChI is InChI=1S/C16H15F3N6/c17-16(18,19)15-22-13-6-2-1-5-12(13)14(23-15)25-7-3-4-11(25)8-24-10-20-9-21-24/h1-2,5-6,9-11H,3-4,7-8H2. The quantitative estimate of drug-likeness (QED) is 0.728. The second kappa shape index (κ2) is 5.98. The summed E-state index contributed by atoms with van der Waals surface area (Å²) in [6.07, 6.45) is 0.218. The van der Waals surface area contributed by atoms with Crippen LogP contribution in [0.2, 0.25) is 0 Å². The number of hydrogen-bond donors (Lipinski definition) is 0. The molecule has 6 nitrogen and oxygen atoms in total. The Morgan fingerprint density at radius 1 is 1.16 bits per heavy atom. The summed E-state index contributed by atoms with van der Waals surface area (Å²) >= 11 is 0. The first-order chi connectivity index (χ1) is 12.0. The number of nitrogens with zero attached hydrogens (tertiary/aromatic N) is 6. The van der Waals surface area contributed by atoms with Gasteiger partial charge in [0.2, 0.25) is 5.82 Å². The van der Waals surface area contributed by atoms with Crippen LogP contribution in [0.25, 0.3) is 10.9 Å². The van der Waals surface area contributed by atoms with Gasteiger partial charge in [-0.05, 0) is 25.0 Å². The molecule has 1 fully saturated rings. The third-order valence-corrected chi connectivity index (χ3v) is 4.35. The summed E-state index contributed by atoms with van der Waals surface area (Å²) in [6, 6.07) is 6.82. The van der Waals surface area contributed by atoms with Crippen LogP contribution in [0, 0.1) is 0 Å². The van der Waals surface area contributed by atoms with Crippen LogP contribution in [0.15, 0.2) is 36.9 Å². The molecule has 0 saturated carbocycles. The number of hydrogen-bond acceptors (Lipinski definition) is 5. The molecule has 1 unspecified atom stereocenters. The highest BCUT2D eigenvalue weighted by molar-refractivity contribution is 5.89. The maximum Gasteiger partial charge on any atom is 0.451 e. The summed E-state index contributed by atoms with van der Waals surface area (Å²) in [7, 11) is 0. The number of alkyl halides is 3. The fourth-order valence-electron chi connectivity index (χ4n) is 3.25. The summed E-state index contributed by atoms with van der Waals surface area (Å²) in [5.41, 5.74) is 0.297. The molecule has 9 heteroatoms. The molecule has 0 bridgehead atoms. The lowest BCUT2D eigenvalue weighted by Gasteiger charge is -2.27. The van der Waals surface area contributed by atoms with Crippen LogP contribution in [0.3, 0.4) is 0 Å². The molecule has 1 aromatic carbocycles. The first-order valence-electron chi connectivity index (χ1n) is 7.95. The molecule has 25 heavy (non-hydrogen) atoms. The monoisotopic (exact) mass is 348 g/mol. The normalized spacial score (nSPS) is 18.2. The summed E-state index contributed by atoms with van der Waals surface area (Å²) in [5, 5.41) is 4.72. The van der Waals surface area contributed by atoms with Crippen molar-refractivity contribution in [1.82, 2.24) is 24.7 Å². The fraction of sp³-hybridized carbons (Fsp3) is 0.375. The van der Waals surface area contributed by atoms with Crippen molar-refractivity contribution in [1.29, 1.82) is 0 Å². The highest BCUT2D eigenvalue weighted by Crippen LogP contribution is 2.34. The van der Waals surface area contributed by atoms with Gasteiger partial charge in [-0.2, -0.15) is 18.3 Å². The van der Waals surface area contributed by atoms with Crippen LogP contribution in [0.4, 0.5) is 19.0 Å². The average Bonchev–Trinajstić information content (AvgIpc) is 3.25. The lowest BCUT2D eigenvalue weighted by atomic mass is 10.2. The Morgan fingerprint density at radius 2 is 2.00 bits per heavy atom. The highest BCUT2D eigenvalue weighted by atomic mass is 19.4. The van der Waals surface area contributed by atoms with Crippen molar-refractivity contribution in [2.45, 2.75) is 31.6 Å². The molecule has 3 aromatic rings. The van der Waals surface area contributed by atoms with E-state index in [0.717, 1.165) is 12.8 Å². The Labute approximate surface area is 141 Å². The zero-order chi connectivity index (χ0) is 17.4. The minimum absolute atomic E-state index is 0.0149. The molecule has 0 N–H and O–H groups in total. The molecule has 1 saturated heterocycles. The van der Waals surface area contributed by atoms with Gasteiger partial charge in [-0.3, -0.25) is 4.68 Å². The molecule has 4 rings (SSSR count). The Balaban J connectivity index is 1.78. The first kappa shape index (κ1) is 15.8. The average molecular weight is 348 g/mol. The molecule has 0 spiro atoms. The zero-order valence-electron chi connectivity index (χ0n) is 13.2. The second-order valence-electron chi connectivity index (χ2n) is 5.99. The van der Waals surface area contributed by atoms with Crippen molar-refractivity contribution in [3.8, 4) is 0 Å². The van der Waals surface area contributed by atoms with E-state index < -0.39 is 12.0 Å². The molecule has 0 amide bonds. The van der Waals surface area contributed by atoms with Crippen LogP contribution >= 0.6 is 0 Å². The largest absolute Gasteiger partial charge is 0.451 e. The molecule has 1 aliphatic heterocycles. The van der Waals surface area contributed by atoms with Crippen LogP contribution in [0.1, 0.15) is 18.7 Å². The van der Waals surface area contributed by atoms with Crippen molar-refractivity contribution in [3.05, 3.63) is 42.7 Å².